The van der Waals surface area contributed by atoms with Gasteiger partial charge in [0, 0.05) is 36.8 Å². The van der Waals surface area contributed by atoms with Crippen LogP contribution in [0.2, 0.25) is 0 Å². The number of fused-ring (bicyclic) bond motifs is 1. The lowest BCUT2D eigenvalue weighted by atomic mass is 10.1. The fourth-order valence-electron chi connectivity index (χ4n) is 2.73. The summed E-state index contributed by atoms with van der Waals surface area (Å²) in [6, 6.07) is 10.4. The summed E-state index contributed by atoms with van der Waals surface area (Å²) < 4.78 is 0. The fraction of sp³-hybridized carbons (Fsp3) is 0.375. The molecule has 0 radical (unpaired) electrons. The summed E-state index contributed by atoms with van der Waals surface area (Å²) in [5.41, 5.74) is 0.559. The number of amides is 1. The molecule has 0 bridgehead atoms. The Labute approximate surface area is 118 Å². The highest BCUT2D eigenvalue weighted by Gasteiger charge is 2.28. The second kappa shape index (κ2) is 5.21. The highest BCUT2D eigenvalue weighted by Crippen LogP contribution is 2.19. The van der Waals surface area contributed by atoms with Crippen molar-refractivity contribution in [2.45, 2.75) is 25.9 Å². The summed E-state index contributed by atoms with van der Waals surface area (Å²) in [7, 11) is 0. The third-order valence-electron chi connectivity index (χ3n) is 3.90. The molecule has 3 rings (SSSR count). The van der Waals surface area contributed by atoms with E-state index in [0.29, 0.717) is 11.7 Å². The first-order valence-corrected chi connectivity index (χ1v) is 7.05. The molecule has 2 aromatic rings. The van der Waals surface area contributed by atoms with Crippen molar-refractivity contribution in [1.82, 2.24) is 15.2 Å². The molecule has 1 aliphatic heterocycles. The van der Waals surface area contributed by atoms with Crippen molar-refractivity contribution < 1.29 is 4.79 Å². The summed E-state index contributed by atoms with van der Waals surface area (Å²) in [5, 5.41) is 5.38. The van der Waals surface area contributed by atoms with Crippen LogP contribution in [-0.2, 0) is 0 Å². The van der Waals surface area contributed by atoms with Gasteiger partial charge in [-0.25, -0.2) is 0 Å². The van der Waals surface area contributed by atoms with Crippen LogP contribution in [0.3, 0.4) is 0 Å². The van der Waals surface area contributed by atoms with Crippen LogP contribution >= 0.6 is 0 Å². The van der Waals surface area contributed by atoms with Crippen molar-refractivity contribution in [3.8, 4) is 0 Å². The number of hydrogen-bond donors (Lipinski definition) is 1. The van der Waals surface area contributed by atoms with Crippen molar-refractivity contribution in [2.24, 2.45) is 0 Å². The monoisotopic (exact) mass is 269 g/mol. The molecular weight excluding hydrogens is 250 g/mol. The molecule has 20 heavy (non-hydrogen) atoms. The van der Waals surface area contributed by atoms with E-state index in [9.17, 15) is 4.79 Å². The number of aromatic nitrogens is 1. The minimum atomic E-state index is 0.0302. The molecular formula is C16H19N3O. The Balaban J connectivity index is 2.00. The Morgan fingerprint density at radius 2 is 2.10 bits per heavy atom. The molecule has 2 unspecified atom stereocenters. The van der Waals surface area contributed by atoms with Gasteiger partial charge in [-0.05, 0) is 25.3 Å². The molecule has 104 valence electrons. The van der Waals surface area contributed by atoms with Gasteiger partial charge >= 0.3 is 0 Å². The van der Waals surface area contributed by atoms with E-state index in [1.165, 1.54) is 0 Å². The minimum absolute atomic E-state index is 0.0302. The SMILES string of the molecule is CC1CN(C(=O)c2nccc3ccccc23)C(C)CN1. The first-order valence-electron chi connectivity index (χ1n) is 7.05. The topological polar surface area (TPSA) is 45.2 Å². The predicted molar refractivity (Wildman–Crippen MR) is 79.7 cm³/mol. The molecule has 0 spiro atoms. The van der Waals surface area contributed by atoms with Gasteiger partial charge in [-0.15, -0.1) is 0 Å². The molecule has 2 atom stereocenters. The molecule has 4 heteroatoms. The van der Waals surface area contributed by atoms with Gasteiger partial charge in [0.15, 0.2) is 0 Å². The second-order valence-corrected chi connectivity index (χ2v) is 5.50. The summed E-state index contributed by atoms with van der Waals surface area (Å²) in [4.78, 5) is 19.1. The Bertz CT molecular complexity index is 635. The van der Waals surface area contributed by atoms with E-state index in [1.54, 1.807) is 6.20 Å². The van der Waals surface area contributed by atoms with Gasteiger partial charge in [-0.2, -0.15) is 0 Å². The summed E-state index contributed by atoms with van der Waals surface area (Å²) in [5.74, 6) is 0.0302. The molecule has 2 heterocycles. The molecule has 1 aromatic heterocycles. The zero-order chi connectivity index (χ0) is 14.1. The van der Waals surface area contributed by atoms with Crippen molar-refractivity contribution in [3.63, 3.8) is 0 Å². The highest BCUT2D eigenvalue weighted by atomic mass is 16.2. The van der Waals surface area contributed by atoms with E-state index >= 15 is 0 Å². The van der Waals surface area contributed by atoms with Crippen LogP contribution in [0.1, 0.15) is 24.3 Å². The number of carbonyl (C=O) groups excluding carboxylic acids is 1. The van der Waals surface area contributed by atoms with Gasteiger partial charge in [0.1, 0.15) is 5.69 Å². The van der Waals surface area contributed by atoms with Crippen molar-refractivity contribution in [2.75, 3.05) is 13.1 Å². The fourth-order valence-corrected chi connectivity index (χ4v) is 2.73. The van der Waals surface area contributed by atoms with Gasteiger partial charge in [0.05, 0.1) is 0 Å². The standard InChI is InChI=1S/C16H19N3O/c1-11-10-19(12(2)9-18-11)16(20)15-14-6-4-3-5-13(14)7-8-17-15/h3-8,11-12,18H,9-10H2,1-2H3. The average Bonchev–Trinajstić information content (AvgIpc) is 2.48. The van der Waals surface area contributed by atoms with Gasteiger partial charge in [-0.3, -0.25) is 9.78 Å². The van der Waals surface area contributed by atoms with Crippen LogP contribution in [-0.4, -0.2) is 41.0 Å². The third-order valence-corrected chi connectivity index (χ3v) is 3.90. The molecule has 0 saturated carbocycles. The van der Waals surface area contributed by atoms with Crippen LogP contribution < -0.4 is 5.32 Å². The lowest BCUT2D eigenvalue weighted by Gasteiger charge is -2.37. The normalized spacial score (nSPS) is 23.0. The largest absolute Gasteiger partial charge is 0.332 e. The van der Waals surface area contributed by atoms with E-state index in [-0.39, 0.29) is 11.9 Å². The summed E-state index contributed by atoms with van der Waals surface area (Å²) in [6.07, 6.45) is 1.71. The number of nitrogens with zero attached hydrogens (tertiary/aromatic N) is 2. The molecule has 1 saturated heterocycles. The lowest BCUT2D eigenvalue weighted by Crippen LogP contribution is -2.56. The number of benzene rings is 1. The van der Waals surface area contributed by atoms with E-state index in [2.05, 4.69) is 24.1 Å². The number of nitrogens with one attached hydrogen (secondary N) is 1. The van der Waals surface area contributed by atoms with Crippen molar-refractivity contribution in [3.05, 3.63) is 42.2 Å². The number of hydrogen-bond acceptors (Lipinski definition) is 3. The Hall–Kier alpha value is -1.94. The lowest BCUT2D eigenvalue weighted by molar-refractivity contribution is 0.0612. The summed E-state index contributed by atoms with van der Waals surface area (Å²) in [6.45, 7) is 5.73. The smallest absolute Gasteiger partial charge is 0.273 e. The zero-order valence-electron chi connectivity index (χ0n) is 11.8. The molecule has 0 aliphatic carbocycles. The molecule has 4 nitrogen and oxygen atoms in total. The van der Waals surface area contributed by atoms with Crippen LogP contribution in [0.4, 0.5) is 0 Å². The van der Waals surface area contributed by atoms with Crippen LogP contribution in [0, 0.1) is 0 Å². The predicted octanol–water partition coefficient (Wildman–Crippen LogP) is 2.06. The first kappa shape index (κ1) is 13.1. The minimum Gasteiger partial charge on any atom is -0.332 e. The Kier molecular flexibility index (Phi) is 3.40. The van der Waals surface area contributed by atoms with Crippen molar-refractivity contribution in [1.29, 1.82) is 0 Å². The van der Waals surface area contributed by atoms with E-state index in [0.717, 1.165) is 23.9 Å². The quantitative estimate of drug-likeness (QED) is 0.862. The molecule has 1 N–H and O–H groups in total. The number of rotatable bonds is 1. The maximum absolute atomic E-state index is 12.8. The van der Waals surface area contributed by atoms with Crippen LogP contribution in [0.5, 0.6) is 0 Å². The second-order valence-electron chi connectivity index (χ2n) is 5.50. The first-order chi connectivity index (χ1) is 9.66. The van der Waals surface area contributed by atoms with E-state index < -0.39 is 0 Å². The maximum Gasteiger partial charge on any atom is 0.273 e. The molecule has 1 aliphatic rings. The third kappa shape index (κ3) is 2.27. The molecule has 1 aromatic carbocycles. The summed E-state index contributed by atoms with van der Waals surface area (Å²) >= 11 is 0. The van der Waals surface area contributed by atoms with Gasteiger partial charge in [-0.1, -0.05) is 24.3 Å². The number of pyridine rings is 1. The molecule has 1 fully saturated rings. The zero-order valence-corrected chi connectivity index (χ0v) is 11.8. The van der Waals surface area contributed by atoms with Crippen LogP contribution in [0.25, 0.3) is 10.8 Å². The van der Waals surface area contributed by atoms with Gasteiger partial charge in [0.2, 0.25) is 0 Å². The molecule has 1 amide bonds. The van der Waals surface area contributed by atoms with Gasteiger partial charge < -0.3 is 10.2 Å². The Morgan fingerprint density at radius 3 is 2.95 bits per heavy atom. The van der Waals surface area contributed by atoms with E-state index in [4.69, 9.17) is 0 Å². The number of piperazine rings is 1. The van der Waals surface area contributed by atoms with E-state index in [1.807, 2.05) is 35.2 Å². The maximum atomic E-state index is 12.8. The van der Waals surface area contributed by atoms with Crippen LogP contribution in [0.15, 0.2) is 36.5 Å². The van der Waals surface area contributed by atoms with Gasteiger partial charge in [0.25, 0.3) is 5.91 Å². The van der Waals surface area contributed by atoms with Crippen molar-refractivity contribution >= 4 is 16.7 Å². The number of carbonyl (C=O) groups is 1. The Morgan fingerprint density at radius 1 is 1.30 bits per heavy atom. The average molecular weight is 269 g/mol. The highest BCUT2D eigenvalue weighted by molar-refractivity contribution is 6.05.